The van der Waals surface area contributed by atoms with E-state index in [-0.39, 0.29) is 6.04 Å². The number of hydrogen-bond acceptors (Lipinski definition) is 4. The van der Waals surface area contributed by atoms with E-state index in [4.69, 9.17) is 20.9 Å². The molecular weight excluding hydrogens is 192 g/mol. The third kappa shape index (κ3) is 2.84. The Morgan fingerprint density at radius 2 is 2.00 bits per heavy atom. The van der Waals surface area contributed by atoms with Gasteiger partial charge < -0.3 is 20.9 Å². The van der Waals surface area contributed by atoms with Gasteiger partial charge in [-0.2, -0.15) is 0 Å². The molecule has 0 amide bonds. The van der Waals surface area contributed by atoms with Crippen molar-refractivity contribution in [3.05, 3.63) is 23.8 Å². The molecule has 15 heavy (non-hydrogen) atoms. The average Bonchev–Trinajstić information content (AvgIpc) is 2.28. The molecule has 4 nitrogen and oxygen atoms in total. The van der Waals surface area contributed by atoms with Crippen molar-refractivity contribution in [3.8, 4) is 11.5 Å². The summed E-state index contributed by atoms with van der Waals surface area (Å²) < 4.78 is 10.4. The number of hydrogen-bond donors (Lipinski definition) is 2. The molecule has 0 aliphatic rings. The van der Waals surface area contributed by atoms with Gasteiger partial charge in [0.15, 0.2) is 0 Å². The Bertz CT molecular complexity index is 315. The van der Waals surface area contributed by atoms with E-state index in [9.17, 15) is 0 Å². The lowest BCUT2D eigenvalue weighted by Gasteiger charge is -2.15. The van der Waals surface area contributed by atoms with Crippen LogP contribution < -0.4 is 20.9 Å². The molecule has 4 N–H and O–H groups in total. The standard InChI is InChI=1S/C11H18N2O2/c1-14-8-3-4-9(10(13)5-6-12)11(7-8)15-2/h3-4,7,10H,5-6,12-13H2,1-2H3/t10-/m1/s1. The van der Waals surface area contributed by atoms with Crippen LogP contribution in [0.2, 0.25) is 0 Å². The SMILES string of the molecule is COc1ccc([C@H](N)CCN)c(OC)c1. The summed E-state index contributed by atoms with van der Waals surface area (Å²) in [6.45, 7) is 0.566. The maximum atomic E-state index is 5.97. The summed E-state index contributed by atoms with van der Waals surface area (Å²) in [6, 6.07) is 5.52. The molecule has 0 saturated heterocycles. The number of benzene rings is 1. The highest BCUT2D eigenvalue weighted by molar-refractivity contribution is 5.42. The smallest absolute Gasteiger partial charge is 0.127 e. The van der Waals surface area contributed by atoms with Crippen LogP contribution in [0.4, 0.5) is 0 Å². The molecular formula is C11H18N2O2. The molecule has 0 aliphatic carbocycles. The van der Waals surface area contributed by atoms with Crippen LogP contribution in [0.15, 0.2) is 18.2 Å². The molecule has 0 heterocycles. The van der Waals surface area contributed by atoms with Gasteiger partial charge in [-0.25, -0.2) is 0 Å². The Kier molecular flexibility index (Phi) is 4.39. The van der Waals surface area contributed by atoms with Crippen molar-refractivity contribution in [1.82, 2.24) is 0 Å². The monoisotopic (exact) mass is 210 g/mol. The fourth-order valence-electron chi connectivity index (χ4n) is 1.46. The molecule has 0 bridgehead atoms. The lowest BCUT2D eigenvalue weighted by molar-refractivity contribution is 0.387. The van der Waals surface area contributed by atoms with Gasteiger partial charge in [0.05, 0.1) is 14.2 Å². The van der Waals surface area contributed by atoms with Crippen LogP contribution in [-0.2, 0) is 0 Å². The molecule has 1 aromatic carbocycles. The van der Waals surface area contributed by atoms with E-state index in [1.54, 1.807) is 14.2 Å². The Hall–Kier alpha value is -1.26. The maximum absolute atomic E-state index is 5.97. The van der Waals surface area contributed by atoms with Gasteiger partial charge in [-0.3, -0.25) is 0 Å². The van der Waals surface area contributed by atoms with E-state index >= 15 is 0 Å². The van der Waals surface area contributed by atoms with E-state index in [0.717, 1.165) is 23.5 Å². The summed E-state index contributed by atoms with van der Waals surface area (Å²) in [5.41, 5.74) is 12.4. The number of ether oxygens (including phenoxy) is 2. The molecule has 0 saturated carbocycles. The normalized spacial score (nSPS) is 12.3. The minimum absolute atomic E-state index is 0.0872. The first-order valence-corrected chi connectivity index (χ1v) is 4.90. The highest BCUT2D eigenvalue weighted by Crippen LogP contribution is 2.29. The van der Waals surface area contributed by atoms with Crippen LogP contribution in [0.1, 0.15) is 18.0 Å². The first-order chi connectivity index (χ1) is 7.22. The van der Waals surface area contributed by atoms with Gasteiger partial charge in [0.2, 0.25) is 0 Å². The lowest BCUT2D eigenvalue weighted by Crippen LogP contribution is -2.16. The molecule has 0 spiro atoms. The van der Waals surface area contributed by atoms with Crippen LogP contribution in [0.3, 0.4) is 0 Å². The van der Waals surface area contributed by atoms with Crippen molar-refractivity contribution in [3.63, 3.8) is 0 Å². The van der Waals surface area contributed by atoms with E-state index in [1.165, 1.54) is 0 Å². The zero-order valence-electron chi connectivity index (χ0n) is 9.19. The molecule has 0 fully saturated rings. The van der Waals surface area contributed by atoms with Crippen LogP contribution in [0.5, 0.6) is 11.5 Å². The van der Waals surface area contributed by atoms with Gasteiger partial charge in [-0.1, -0.05) is 6.07 Å². The predicted molar refractivity (Wildman–Crippen MR) is 60.1 cm³/mol. The van der Waals surface area contributed by atoms with Gasteiger partial charge in [-0.05, 0) is 19.0 Å². The summed E-state index contributed by atoms with van der Waals surface area (Å²) in [4.78, 5) is 0. The third-order valence-electron chi connectivity index (χ3n) is 2.32. The van der Waals surface area contributed by atoms with Gasteiger partial charge in [0.25, 0.3) is 0 Å². The lowest BCUT2D eigenvalue weighted by atomic mass is 10.0. The zero-order valence-corrected chi connectivity index (χ0v) is 9.19. The van der Waals surface area contributed by atoms with Gasteiger partial charge in [0, 0.05) is 17.7 Å². The van der Waals surface area contributed by atoms with Gasteiger partial charge in [-0.15, -0.1) is 0 Å². The van der Waals surface area contributed by atoms with Gasteiger partial charge >= 0.3 is 0 Å². The topological polar surface area (TPSA) is 70.5 Å². The van der Waals surface area contributed by atoms with Crippen LogP contribution >= 0.6 is 0 Å². The quantitative estimate of drug-likeness (QED) is 0.762. The van der Waals surface area contributed by atoms with Gasteiger partial charge in [0.1, 0.15) is 11.5 Å². The van der Waals surface area contributed by atoms with Crippen LogP contribution in [0.25, 0.3) is 0 Å². The first-order valence-electron chi connectivity index (χ1n) is 4.90. The minimum atomic E-state index is -0.0872. The molecule has 1 rings (SSSR count). The van der Waals surface area contributed by atoms with Crippen molar-refractivity contribution in [2.24, 2.45) is 11.5 Å². The predicted octanol–water partition coefficient (Wildman–Crippen LogP) is 1.05. The fraction of sp³-hybridized carbons (Fsp3) is 0.455. The summed E-state index contributed by atoms with van der Waals surface area (Å²) in [5.74, 6) is 1.51. The molecule has 4 heteroatoms. The Morgan fingerprint density at radius 1 is 1.27 bits per heavy atom. The molecule has 0 aromatic heterocycles. The molecule has 1 aromatic rings. The first kappa shape index (κ1) is 11.8. The largest absolute Gasteiger partial charge is 0.497 e. The highest BCUT2D eigenvalue weighted by atomic mass is 16.5. The number of nitrogens with two attached hydrogens (primary N) is 2. The van der Waals surface area contributed by atoms with Crippen molar-refractivity contribution in [1.29, 1.82) is 0 Å². The number of methoxy groups -OCH3 is 2. The van der Waals surface area contributed by atoms with Crippen molar-refractivity contribution < 1.29 is 9.47 Å². The van der Waals surface area contributed by atoms with Crippen LogP contribution in [-0.4, -0.2) is 20.8 Å². The highest BCUT2D eigenvalue weighted by Gasteiger charge is 2.11. The van der Waals surface area contributed by atoms with E-state index in [2.05, 4.69) is 0 Å². The Morgan fingerprint density at radius 3 is 2.53 bits per heavy atom. The summed E-state index contributed by atoms with van der Waals surface area (Å²) in [6.07, 6.45) is 0.739. The molecule has 1 atom stereocenters. The van der Waals surface area contributed by atoms with E-state index in [1.807, 2.05) is 18.2 Å². The van der Waals surface area contributed by atoms with E-state index in [0.29, 0.717) is 6.54 Å². The minimum Gasteiger partial charge on any atom is -0.497 e. The summed E-state index contributed by atoms with van der Waals surface area (Å²) in [7, 11) is 3.24. The van der Waals surface area contributed by atoms with E-state index < -0.39 is 0 Å². The molecule has 0 aliphatic heterocycles. The maximum Gasteiger partial charge on any atom is 0.127 e. The molecule has 84 valence electrons. The second-order valence-corrected chi connectivity index (χ2v) is 3.29. The van der Waals surface area contributed by atoms with Crippen molar-refractivity contribution >= 4 is 0 Å². The fourth-order valence-corrected chi connectivity index (χ4v) is 1.46. The summed E-state index contributed by atoms with van der Waals surface area (Å²) >= 11 is 0. The second kappa shape index (κ2) is 5.58. The zero-order chi connectivity index (χ0) is 11.3. The number of rotatable bonds is 5. The second-order valence-electron chi connectivity index (χ2n) is 3.29. The average molecular weight is 210 g/mol. The van der Waals surface area contributed by atoms with Crippen molar-refractivity contribution in [2.75, 3.05) is 20.8 Å². The van der Waals surface area contributed by atoms with Crippen molar-refractivity contribution in [2.45, 2.75) is 12.5 Å². The van der Waals surface area contributed by atoms with Crippen LogP contribution in [0, 0.1) is 0 Å². The Labute approximate surface area is 90.2 Å². The Balaban J connectivity index is 2.96. The third-order valence-corrected chi connectivity index (χ3v) is 2.32. The molecule has 0 unspecified atom stereocenters. The summed E-state index contributed by atoms with van der Waals surface area (Å²) in [5, 5.41) is 0. The molecule has 0 radical (unpaired) electrons.